The molecule has 0 aliphatic heterocycles. The third kappa shape index (κ3) is 2.39. The Kier molecular flexibility index (Phi) is 2.98. The molecule has 104 valence electrons. The van der Waals surface area contributed by atoms with Crippen LogP contribution in [0.4, 0.5) is 5.69 Å². The SMILES string of the molecule is Cn1cc(CS(=O)(=O)c2nc3ccc(N)cc3s2)cn1. The Balaban J connectivity index is 2.00. The second-order valence-electron chi connectivity index (χ2n) is 4.49. The zero-order valence-corrected chi connectivity index (χ0v) is 12.3. The largest absolute Gasteiger partial charge is 0.399 e. The summed E-state index contributed by atoms with van der Waals surface area (Å²) in [5.41, 5.74) is 7.57. The van der Waals surface area contributed by atoms with Gasteiger partial charge in [0.15, 0.2) is 0 Å². The van der Waals surface area contributed by atoms with Crippen LogP contribution in [0.1, 0.15) is 5.56 Å². The first-order valence-electron chi connectivity index (χ1n) is 5.80. The summed E-state index contributed by atoms with van der Waals surface area (Å²) in [5.74, 6) is -0.101. The van der Waals surface area contributed by atoms with Crippen molar-refractivity contribution in [2.75, 3.05) is 5.73 Å². The number of thiazole rings is 1. The molecule has 0 atom stereocenters. The van der Waals surface area contributed by atoms with Gasteiger partial charge in [-0.25, -0.2) is 13.4 Å². The number of nitrogen functional groups attached to an aromatic ring is 1. The molecule has 0 unspecified atom stereocenters. The van der Waals surface area contributed by atoms with Crippen molar-refractivity contribution in [1.82, 2.24) is 14.8 Å². The first-order valence-corrected chi connectivity index (χ1v) is 8.27. The van der Waals surface area contributed by atoms with Crippen LogP contribution in [0.15, 0.2) is 34.9 Å². The number of hydrogen-bond donors (Lipinski definition) is 1. The molecule has 2 aromatic heterocycles. The number of anilines is 1. The van der Waals surface area contributed by atoms with Crippen molar-refractivity contribution in [1.29, 1.82) is 0 Å². The van der Waals surface area contributed by atoms with Crippen LogP contribution < -0.4 is 5.73 Å². The lowest BCUT2D eigenvalue weighted by Crippen LogP contribution is -2.03. The van der Waals surface area contributed by atoms with Crippen molar-refractivity contribution in [3.05, 3.63) is 36.2 Å². The molecule has 0 fully saturated rings. The maximum atomic E-state index is 12.3. The van der Waals surface area contributed by atoms with Crippen molar-refractivity contribution >= 4 is 37.1 Å². The lowest BCUT2D eigenvalue weighted by Gasteiger charge is -1.96. The average Bonchev–Trinajstić information content (AvgIpc) is 2.95. The maximum Gasteiger partial charge on any atom is 0.210 e. The highest BCUT2D eigenvalue weighted by molar-refractivity contribution is 7.92. The van der Waals surface area contributed by atoms with Crippen LogP contribution >= 0.6 is 11.3 Å². The van der Waals surface area contributed by atoms with Crippen LogP contribution in [-0.4, -0.2) is 23.2 Å². The van der Waals surface area contributed by atoms with E-state index in [0.29, 0.717) is 16.8 Å². The Morgan fingerprint density at radius 2 is 2.20 bits per heavy atom. The number of rotatable bonds is 3. The summed E-state index contributed by atoms with van der Waals surface area (Å²) in [6, 6.07) is 5.17. The molecular formula is C12H12N4O2S2. The quantitative estimate of drug-likeness (QED) is 0.742. The van der Waals surface area contributed by atoms with Crippen molar-refractivity contribution in [2.24, 2.45) is 7.05 Å². The van der Waals surface area contributed by atoms with Crippen molar-refractivity contribution < 1.29 is 8.42 Å². The molecule has 0 aliphatic carbocycles. The highest BCUT2D eigenvalue weighted by atomic mass is 32.2. The van der Waals surface area contributed by atoms with Gasteiger partial charge in [0.1, 0.15) is 0 Å². The molecule has 2 heterocycles. The molecule has 3 rings (SSSR count). The molecule has 0 radical (unpaired) electrons. The van der Waals surface area contributed by atoms with Crippen LogP contribution in [0.2, 0.25) is 0 Å². The lowest BCUT2D eigenvalue weighted by molar-refractivity contribution is 0.594. The van der Waals surface area contributed by atoms with E-state index < -0.39 is 9.84 Å². The molecule has 0 saturated heterocycles. The van der Waals surface area contributed by atoms with Crippen molar-refractivity contribution in [3.63, 3.8) is 0 Å². The first-order chi connectivity index (χ1) is 9.44. The van der Waals surface area contributed by atoms with Crippen molar-refractivity contribution in [3.8, 4) is 0 Å². The van der Waals surface area contributed by atoms with E-state index >= 15 is 0 Å². The van der Waals surface area contributed by atoms with E-state index in [2.05, 4.69) is 10.1 Å². The second kappa shape index (κ2) is 4.57. The normalized spacial score (nSPS) is 12.1. The summed E-state index contributed by atoms with van der Waals surface area (Å²) in [6.07, 6.45) is 3.23. The zero-order valence-electron chi connectivity index (χ0n) is 10.6. The van der Waals surface area contributed by atoms with Gasteiger partial charge in [-0.05, 0) is 18.2 Å². The van der Waals surface area contributed by atoms with E-state index in [1.807, 2.05) is 0 Å². The fourth-order valence-corrected chi connectivity index (χ4v) is 4.53. The molecule has 0 amide bonds. The van der Waals surface area contributed by atoms with E-state index in [0.717, 1.165) is 16.0 Å². The predicted octanol–water partition coefficient (Wildman–Crippen LogP) is 1.59. The van der Waals surface area contributed by atoms with Crippen molar-refractivity contribution in [2.45, 2.75) is 10.1 Å². The molecule has 0 spiro atoms. The Morgan fingerprint density at radius 1 is 1.40 bits per heavy atom. The van der Waals surface area contributed by atoms with Gasteiger partial charge < -0.3 is 5.73 Å². The summed E-state index contributed by atoms with van der Waals surface area (Å²) >= 11 is 1.14. The number of aryl methyl sites for hydroxylation is 1. The number of fused-ring (bicyclic) bond motifs is 1. The number of aromatic nitrogens is 3. The molecule has 0 bridgehead atoms. The monoisotopic (exact) mass is 308 g/mol. The predicted molar refractivity (Wildman–Crippen MR) is 78.1 cm³/mol. The minimum atomic E-state index is -3.46. The molecule has 8 heteroatoms. The highest BCUT2D eigenvalue weighted by Gasteiger charge is 2.21. The third-order valence-electron chi connectivity index (χ3n) is 2.77. The summed E-state index contributed by atoms with van der Waals surface area (Å²) in [6.45, 7) is 0. The van der Waals surface area contributed by atoms with Gasteiger partial charge in [-0.3, -0.25) is 4.68 Å². The highest BCUT2D eigenvalue weighted by Crippen LogP contribution is 2.28. The molecule has 1 aromatic carbocycles. The molecule has 20 heavy (non-hydrogen) atoms. The van der Waals surface area contributed by atoms with E-state index in [1.165, 1.54) is 0 Å². The Morgan fingerprint density at radius 3 is 2.90 bits per heavy atom. The van der Waals surface area contributed by atoms with Crippen LogP contribution in [0.3, 0.4) is 0 Å². The maximum absolute atomic E-state index is 12.3. The van der Waals surface area contributed by atoms with Gasteiger partial charge in [0.25, 0.3) is 0 Å². The summed E-state index contributed by atoms with van der Waals surface area (Å²) in [4.78, 5) is 4.18. The molecule has 0 saturated carbocycles. The Hall–Kier alpha value is -1.93. The van der Waals surface area contributed by atoms with E-state index in [1.54, 1.807) is 42.3 Å². The van der Waals surface area contributed by atoms with E-state index in [4.69, 9.17) is 5.73 Å². The van der Waals surface area contributed by atoms with Gasteiger partial charge in [-0.2, -0.15) is 5.10 Å². The van der Waals surface area contributed by atoms with E-state index in [-0.39, 0.29) is 10.1 Å². The number of nitrogens with zero attached hydrogens (tertiary/aromatic N) is 3. The van der Waals surface area contributed by atoms with Gasteiger partial charge in [0.2, 0.25) is 14.2 Å². The summed E-state index contributed by atoms with van der Waals surface area (Å²) in [5, 5.41) is 3.97. The number of hydrogen-bond acceptors (Lipinski definition) is 6. The van der Waals surface area contributed by atoms with Gasteiger partial charge in [-0.1, -0.05) is 0 Å². The van der Waals surface area contributed by atoms with E-state index in [9.17, 15) is 8.42 Å². The van der Waals surface area contributed by atoms with Gasteiger partial charge in [0, 0.05) is 24.5 Å². The second-order valence-corrected chi connectivity index (χ2v) is 7.68. The fraction of sp³-hybridized carbons (Fsp3) is 0.167. The van der Waals surface area contributed by atoms with Gasteiger partial charge in [-0.15, -0.1) is 11.3 Å². The van der Waals surface area contributed by atoms with Crippen LogP contribution in [0.25, 0.3) is 10.2 Å². The minimum absolute atomic E-state index is 0.101. The molecule has 0 aliphatic rings. The molecular weight excluding hydrogens is 296 g/mol. The molecule has 3 aromatic rings. The van der Waals surface area contributed by atoms with Gasteiger partial charge in [0.05, 0.1) is 22.2 Å². The molecule has 6 nitrogen and oxygen atoms in total. The Bertz CT molecular complexity index is 880. The van der Waals surface area contributed by atoms with Crippen LogP contribution in [-0.2, 0) is 22.6 Å². The number of nitrogens with two attached hydrogens (primary N) is 1. The standard InChI is InChI=1S/C12H12N4O2S2/c1-16-6-8(5-14-16)7-20(17,18)12-15-10-3-2-9(13)4-11(10)19-12/h2-6H,7,13H2,1H3. The zero-order chi connectivity index (χ0) is 14.3. The topological polar surface area (TPSA) is 90.9 Å². The Labute approximate surface area is 119 Å². The van der Waals surface area contributed by atoms with Gasteiger partial charge >= 0.3 is 0 Å². The van der Waals surface area contributed by atoms with Crippen LogP contribution in [0, 0.1) is 0 Å². The average molecular weight is 308 g/mol. The first kappa shape index (κ1) is 13.1. The molecule has 2 N–H and O–H groups in total. The van der Waals surface area contributed by atoms with Crippen LogP contribution in [0.5, 0.6) is 0 Å². The third-order valence-corrected chi connectivity index (χ3v) is 5.94. The number of benzene rings is 1. The lowest BCUT2D eigenvalue weighted by atomic mass is 10.3. The fourth-order valence-electron chi connectivity index (χ4n) is 1.88. The minimum Gasteiger partial charge on any atom is -0.399 e. The smallest absolute Gasteiger partial charge is 0.210 e. The number of sulfone groups is 1. The summed E-state index contributed by atoms with van der Waals surface area (Å²) < 4.78 is 27.1. The summed E-state index contributed by atoms with van der Waals surface area (Å²) in [7, 11) is -1.71.